The fraction of sp³-hybridized carbons (Fsp3) is 1.00. The quantitative estimate of drug-likeness (QED) is 0.615. The van der Waals surface area contributed by atoms with Crippen LogP contribution in [0.2, 0.25) is 0 Å². The molecule has 0 bridgehead atoms. The standard InChI is InChI=1S/C15H32N2O/c1-5-14(6-2)17(10-11-18-4)15(7-3)12-16-13-8-9-13/h13-16H,5-12H2,1-4H3. The van der Waals surface area contributed by atoms with Crippen LogP contribution in [0, 0.1) is 0 Å². The number of rotatable bonds is 11. The lowest BCUT2D eigenvalue weighted by molar-refractivity contribution is 0.0767. The van der Waals surface area contributed by atoms with Crippen LogP contribution in [0.15, 0.2) is 0 Å². The topological polar surface area (TPSA) is 24.5 Å². The molecule has 1 unspecified atom stereocenters. The van der Waals surface area contributed by atoms with Crippen molar-refractivity contribution >= 4 is 0 Å². The van der Waals surface area contributed by atoms with E-state index >= 15 is 0 Å². The van der Waals surface area contributed by atoms with Gasteiger partial charge in [0.2, 0.25) is 0 Å². The number of hydrogen-bond donors (Lipinski definition) is 1. The van der Waals surface area contributed by atoms with Gasteiger partial charge >= 0.3 is 0 Å². The van der Waals surface area contributed by atoms with E-state index in [4.69, 9.17) is 4.74 Å². The summed E-state index contributed by atoms with van der Waals surface area (Å²) in [6, 6.07) is 2.17. The van der Waals surface area contributed by atoms with Crippen LogP contribution in [0.5, 0.6) is 0 Å². The molecule has 1 aliphatic rings. The van der Waals surface area contributed by atoms with Gasteiger partial charge in [0.15, 0.2) is 0 Å². The van der Waals surface area contributed by atoms with E-state index in [2.05, 4.69) is 31.0 Å². The molecule has 0 aliphatic heterocycles. The lowest BCUT2D eigenvalue weighted by Gasteiger charge is -2.37. The molecule has 1 aliphatic carbocycles. The van der Waals surface area contributed by atoms with Gasteiger partial charge in [-0.15, -0.1) is 0 Å². The van der Waals surface area contributed by atoms with E-state index < -0.39 is 0 Å². The van der Waals surface area contributed by atoms with E-state index in [0.717, 1.165) is 25.7 Å². The Balaban J connectivity index is 2.50. The first kappa shape index (κ1) is 15.9. The Morgan fingerprint density at radius 1 is 1.11 bits per heavy atom. The molecule has 0 aromatic rings. The van der Waals surface area contributed by atoms with Crippen molar-refractivity contribution in [3.8, 4) is 0 Å². The fourth-order valence-electron chi connectivity index (χ4n) is 2.70. The molecule has 18 heavy (non-hydrogen) atoms. The minimum Gasteiger partial charge on any atom is -0.383 e. The molecular weight excluding hydrogens is 224 g/mol. The predicted molar refractivity (Wildman–Crippen MR) is 78.1 cm³/mol. The molecule has 1 N–H and O–H groups in total. The van der Waals surface area contributed by atoms with Crippen LogP contribution in [0.1, 0.15) is 52.9 Å². The number of methoxy groups -OCH3 is 1. The van der Waals surface area contributed by atoms with Gasteiger partial charge in [0.1, 0.15) is 0 Å². The second-order valence-corrected chi connectivity index (χ2v) is 5.45. The van der Waals surface area contributed by atoms with Gasteiger partial charge in [-0.2, -0.15) is 0 Å². The minimum absolute atomic E-state index is 0.658. The van der Waals surface area contributed by atoms with Gasteiger partial charge in [0.05, 0.1) is 6.61 Å². The summed E-state index contributed by atoms with van der Waals surface area (Å²) in [5.74, 6) is 0. The van der Waals surface area contributed by atoms with Gasteiger partial charge in [-0.1, -0.05) is 20.8 Å². The maximum absolute atomic E-state index is 5.28. The summed E-state index contributed by atoms with van der Waals surface area (Å²) in [7, 11) is 1.80. The van der Waals surface area contributed by atoms with Crippen molar-refractivity contribution in [1.29, 1.82) is 0 Å². The Bertz CT molecular complexity index is 203. The van der Waals surface area contributed by atoms with Crippen molar-refractivity contribution in [2.75, 3.05) is 26.8 Å². The zero-order chi connectivity index (χ0) is 13.4. The molecule has 0 spiro atoms. The molecule has 0 aromatic carbocycles. The van der Waals surface area contributed by atoms with Gasteiger partial charge in [-0.25, -0.2) is 0 Å². The van der Waals surface area contributed by atoms with Crippen LogP contribution in [0.25, 0.3) is 0 Å². The molecule has 108 valence electrons. The molecule has 1 atom stereocenters. The highest BCUT2D eigenvalue weighted by Gasteiger charge is 2.26. The van der Waals surface area contributed by atoms with Gasteiger partial charge in [0.25, 0.3) is 0 Å². The summed E-state index contributed by atoms with van der Waals surface area (Å²) < 4.78 is 5.28. The normalized spacial score (nSPS) is 17.7. The van der Waals surface area contributed by atoms with Crippen LogP contribution < -0.4 is 5.32 Å². The van der Waals surface area contributed by atoms with Crippen molar-refractivity contribution in [3.63, 3.8) is 0 Å². The van der Waals surface area contributed by atoms with E-state index in [1.54, 1.807) is 7.11 Å². The molecule has 0 heterocycles. The van der Waals surface area contributed by atoms with Crippen LogP contribution >= 0.6 is 0 Å². The maximum Gasteiger partial charge on any atom is 0.0589 e. The predicted octanol–water partition coefficient (Wildman–Crippen LogP) is 2.65. The summed E-state index contributed by atoms with van der Waals surface area (Å²) in [5.41, 5.74) is 0. The third-order valence-corrected chi connectivity index (χ3v) is 4.12. The summed E-state index contributed by atoms with van der Waals surface area (Å²) in [5, 5.41) is 3.69. The first-order valence-electron chi connectivity index (χ1n) is 7.74. The van der Waals surface area contributed by atoms with Crippen LogP contribution in [-0.4, -0.2) is 49.8 Å². The van der Waals surface area contributed by atoms with Crippen LogP contribution in [0.4, 0.5) is 0 Å². The summed E-state index contributed by atoms with van der Waals surface area (Å²) >= 11 is 0. The van der Waals surface area contributed by atoms with Gasteiger partial charge in [-0.05, 0) is 32.1 Å². The number of ether oxygens (including phenoxy) is 1. The molecule has 0 aromatic heterocycles. The Hall–Kier alpha value is -0.120. The molecule has 1 saturated carbocycles. The Morgan fingerprint density at radius 2 is 1.72 bits per heavy atom. The van der Waals surface area contributed by atoms with Crippen molar-refractivity contribution in [2.45, 2.75) is 71.0 Å². The minimum atomic E-state index is 0.658. The average molecular weight is 256 g/mol. The largest absolute Gasteiger partial charge is 0.383 e. The molecule has 1 fully saturated rings. The molecular formula is C15H32N2O. The first-order chi connectivity index (χ1) is 8.76. The monoisotopic (exact) mass is 256 g/mol. The highest BCUT2D eigenvalue weighted by Crippen LogP contribution is 2.20. The fourth-order valence-corrected chi connectivity index (χ4v) is 2.70. The number of nitrogens with zero attached hydrogens (tertiary/aromatic N) is 1. The second-order valence-electron chi connectivity index (χ2n) is 5.45. The van der Waals surface area contributed by atoms with Crippen LogP contribution in [0.3, 0.4) is 0 Å². The molecule has 1 rings (SSSR count). The molecule has 0 saturated heterocycles. The zero-order valence-electron chi connectivity index (χ0n) is 12.7. The third kappa shape index (κ3) is 5.25. The zero-order valence-corrected chi connectivity index (χ0v) is 12.7. The van der Waals surface area contributed by atoms with Crippen molar-refractivity contribution in [3.05, 3.63) is 0 Å². The lowest BCUT2D eigenvalue weighted by atomic mass is 10.1. The van der Waals surface area contributed by atoms with Crippen molar-refractivity contribution in [1.82, 2.24) is 10.2 Å². The first-order valence-corrected chi connectivity index (χ1v) is 7.74. The van der Waals surface area contributed by atoms with E-state index in [9.17, 15) is 0 Å². The average Bonchev–Trinajstić information content (AvgIpc) is 3.20. The Morgan fingerprint density at radius 3 is 2.17 bits per heavy atom. The van der Waals surface area contributed by atoms with E-state index in [1.165, 1.54) is 32.1 Å². The number of hydrogen-bond acceptors (Lipinski definition) is 3. The van der Waals surface area contributed by atoms with Gasteiger partial charge in [0, 0.05) is 38.3 Å². The highest BCUT2D eigenvalue weighted by molar-refractivity contribution is 4.85. The summed E-state index contributed by atoms with van der Waals surface area (Å²) in [6.07, 6.45) is 6.44. The Kier molecular flexibility index (Phi) is 7.87. The van der Waals surface area contributed by atoms with E-state index in [1.807, 2.05) is 0 Å². The summed E-state index contributed by atoms with van der Waals surface area (Å²) in [6.45, 7) is 9.96. The molecule has 3 nitrogen and oxygen atoms in total. The highest BCUT2D eigenvalue weighted by atomic mass is 16.5. The smallest absolute Gasteiger partial charge is 0.0589 e. The van der Waals surface area contributed by atoms with Crippen LogP contribution in [-0.2, 0) is 4.74 Å². The second kappa shape index (κ2) is 8.89. The molecule has 0 amide bonds. The third-order valence-electron chi connectivity index (χ3n) is 4.12. The van der Waals surface area contributed by atoms with Gasteiger partial charge in [-0.3, -0.25) is 4.90 Å². The Labute approximate surface area is 113 Å². The van der Waals surface area contributed by atoms with Crippen molar-refractivity contribution < 1.29 is 4.74 Å². The van der Waals surface area contributed by atoms with E-state index in [-0.39, 0.29) is 0 Å². The summed E-state index contributed by atoms with van der Waals surface area (Å²) in [4.78, 5) is 2.67. The molecule has 3 heteroatoms. The van der Waals surface area contributed by atoms with Crippen molar-refractivity contribution in [2.24, 2.45) is 0 Å². The van der Waals surface area contributed by atoms with E-state index in [0.29, 0.717) is 12.1 Å². The molecule has 0 radical (unpaired) electrons. The number of nitrogens with one attached hydrogen (secondary N) is 1. The van der Waals surface area contributed by atoms with Gasteiger partial charge < -0.3 is 10.1 Å². The maximum atomic E-state index is 5.28. The lowest BCUT2D eigenvalue weighted by Crippen LogP contribution is -2.49. The SMILES string of the molecule is CCC(CC)N(CCOC)C(CC)CNC1CC1.